The zero-order valence-corrected chi connectivity index (χ0v) is 14.8. The Bertz CT molecular complexity index is 915. The smallest absolute Gasteiger partial charge is 0.259 e. The zero-order valence-electron chi connectivity index (χ0n) is 14.8. The SMILES string of the molecule is CNC(=O)[C@H](O)[C@@H](O)C(=O)N1CCc2cc(C#Cc3ccccc3)ccc21. The number of rotatable bonds is 3. The van der Waals surface area contributed by atoms with Gasteiger partial charge >= 0.3 is 0 Å². The highest BCUT2D eigenvalue weighted by Gasteiger charge is 2.35. The van der Waals surface area contributed by atoms with Crippen molar-refractivity contribution in [1.29, 1.82) is 0 Å². The lowest BCUT2D eigenvalue weighted by Gasteiger charge is -2.23. The van der Waals surface area contributed by atoms with Crippen LogP contribution in [0.4, 0.5) is 5.69 Å². The summed E-state index contributed by atoms with van der Waals surface area (Å²) in [4.78, 5) is 25.3. The van der Waals surface area contributed by atoms with Crippen molar-refractivity contribution in [2.75, 3.05) is 18.5 Å². The molecule has 1 aliphatic heterocycles. The molecule has 2 atom stereocenters. The molecule has 138 valence electrons. The number of hydrogen-bond acceptors (Lipinski definition) is 4. The summed E-state index contributed by atoms with van der Waals surface area (Å²) in [6.07, 6.45) is -3.00. The van der Waals surface area contributed by atoms with Gasteiger partial charge in [0.1, 0.15) is 0 Å². The fourth-order valence-corrected chi connectivity index (χ4v) is 2.96. The number of carbonyl (C=O) groups excluding carboxylic acids is 2. The third kappa shape index (κ3) is 4.00. The van der Waals surface area contributed by atoms with Crippen LogP contribution >= 0.6 is 0 Å². The highest BCUT2D eigenvalue weighted by molar-refractivity contribution is 6.01. The van der Waals surface area contributed by atoms with Gasteiger partial charge < -0.3 is 20.4 Å². The molecule has 2 aromatic rings. The van der Waals surface area contributed by atoms with E-state index < -0.39 is 24.0 Å². The van der Waals surface area contributed by atoms with Crippen molar-refractivity contribution < 1.29 is 19.8 Å². The van der Waals surface area contributed by atoms with Crippen molar-refractivity contribution in [3.8, 4) is 11.8 Å². The van der Waals surface area contributed by atoms with Gasteiger partial charge in [-0.05, 0) is 42.3 Å². The summed E-state index contributed by atoms with van der Waals surface area (Å²) in [5.74, 6) is 4.69. The third-order valence-electron chi connectivity index (χ3n) is 4.43. The van der Waals surface area contributed by atoms with Crippen LogP contribution in [0.15, 0.2) is 48.5 Å². The molecule has 0 saturated carbocycles. The lowest BCUT2D eigenvalue weighted by Crippen LogP contribution is -2.50. The zero-order chi connectivity index (χ0) is 19.4. The number of anilines is 1. The number of aliphatic hydroxyl groups excluding tert-OH is 2. The van der Waals surface area contributed by atoms with Crippen LogP contribution in [0.25, 0.3) is 0 Å². The van der Waals surface area contributed by atoms with Crippen molar-refractivity contribution in [1.82, 2.24) is 5.32 Å². The predicted molar refractivity (Wildman–Crippen MR) is 101 cm³/mol. The minimum absolute atomic E-state index is 0.376. The van der Waals surface area contributed by atoms with Crippen molar-refractivity contribution >= 4 is 17.5 Å². The second-order valence-electron chi connectivity index (χ2n) is 6.20. The Morgan fingerprint density at radius 3 is 2.44 bits per heavy atom. The van der Waals surface area contributed by atoms with Crippen LogP contribution in [0.1, 0.15) is 16.7 Å². The van der Waals surface area contributed by atoms with E-state index in [1.165, 1.54) is 11.9 Å². The lowest BCUT2D eigenvalue weighted by atomic mass is 10.1. The molecule has 27 heavy (non-hydrogen) atoms. The summed E-state index contributed by atoms with van der Waals surface area (Å²) in [7, 11) is 1.33. The highest BCUT2D eigenvalue weighted by atomic mass is 16.3. The Labute approximate surface area is 157 Å². The van der Waals surface area contributed by atoms with Gasteiger partial charge in [0.05, 0.1) is 0 Å². The number of likely N-dealkylation sites (N-methyl/N-ethyl adjacent to an activating group) is 1. The van der Waals surface area contributed by atoms with E-state index in [1.807, 2.05) is 42.5 Å². The molecule has 0 radical (unpaired) electrons. The molecular weight excluding hydrogens is 344 g/mol. The molecule has 2 amide bonds. The van der Waals surface area contributed by atoms with Crippen LogP contribution in [0.2, 0.25) is 0 Å². The fraction of sp³-hybridized carbons (Fsp3) is 0.238. The lowest BCUT2D eigenvalue weighted by molar-refractivity contribution is -0.144. The van der Waals surface area contributed by atoms with Crippen molar-refractivity contribution in [3.05, 3.63) is 65.2 Å². The maximum Gasteiger partial charge on any atom is 0.259 e. The van der Waals surface area contributed by atoms with Crippen LogP contribution < -0.4 is 10.2 Å². The second-order valence-corrected chi connectivity index (χ2v) is 6.20. The maximum atomic E-state index is 12.5. The average molecular weight is 364 g/mol. The van der Waals surface area contributed by atoms with Crippen molar-refractivity contribution in [2.24, 2.45) is 0 Å². The van der Waals surface area contributed by atoms with E-state index in [-0.39, 0.29) is 0 Å². The van der Waals surface area contributed by atoms with Gasteiger partial charge in [-0.1, -0.05) is 30.0 Å². The average Bonchev–Trinajstić information content (AvgIpc) is 3.14. The van der Waals surface area contributed by atoms with E-state index in [4.69, 9.17) is 0 Å². The van der Waals surface area contributed by atoms with Gasteiger partial charge in [-0.25, -0.2) is 0 Å². The largest absolute Gasteiger partial charge is 0.380 e. The topological polar surface area (TPSA) is 89.9 Å². The summed E-state index contributed by atoms with van der Waals surface area (Å²) in [6, 6.07) is 15.1. The molecule has 1 heterocycles. The van der Waals surface area contributed by atoms with Crippen molar-refractivity contribution in [2.45, 2.75) is 18.6 Å². The van der Waals surface area contributed by atoms with Crippen LogP contribution in [-0.2, 0) is 16.0 Å². The summed E-state index contributed by atoms with van der Waals surface area (Å²) in [6.45, 7) is 0.376. The van der Waals surface area contributed by atoms with E-state index in [1.54, 1.807) is 6.07 Å². The first kappa shape index (κ1) is 18.6. The van der Waals surface area contributed by atoms with E-state index in [0.29, 0.717) is 18.7 Å². The van der Waals surface area contributed by atoms with Crippen LogP contribution in [0, 0.1) is 11.8 Å². The second kappa shape index (κ2) is 8.04. The van der Waals surface area contributed by atoms with Gasteiger partial charge in [0.2, 0.25) is 0 Å². The number of nitrogens with zero attached hydrogens (tertiary/aromatic N) is 1. The van der Waals surface area contributed by atoms with Gasteiger partial charge in [0.25, 0.3) is 11.8 Å². The summed E-state index contributed by atoms with van der Waals surface area (Å²) in [5.41, 5.74) is 3.34. The quantitative estimate of drug-likeness (QED) is 0.690. The monoisotopic (exact) mass is 364 g/mol. The Morgan fingerprint density at radius 1 is 1.04 bits per heavy atom. The van der Waals surface area contributed by atoms with Gasteiger partial charge in [-0.15, -0.1) is 0 Å². The van der Waals surface area contributed by atoms with Crippen LogP contribution in [0.5, 0.6) is 0 Å². The minimum Gasteiger partial charge on any atom is -0.380 e. The molecule has 0 unspecified atom stereocenters. The standard InChI is InChI=1S/C21H20N2O4/c1-22-20(26)18(24)19(25)21(27)23-12-11-16-13-15(9-10-17(16)23)8-7-14-5-3-2-4-6-14/h2-6,9-10,13,18-19,24-25H,11-12H2,1H3,(H,22,26)/t18-,19-/m1/s1. The molecule has 0 spiro atoms. The molecule has 1 aliphatic rings. The minimum atomic E-state index is -1.81. The molecule has 0 bridgehead atoms. The Morgan fingerprint density at radius 2 is 1.74 bits per heavy atom. The van der Waals surface area contributed by atoms with E-state index >= 15 is 0 Å². The van der Waals surface area contributed by atoms with E-state index in [0.717, 1.165) is 16.7 Å². The summed E-state index contributed by atoms with van der Waals surface area (Å²) < 4.78 is 0. The first-order chi connectivity index (χ1) is 13.0. The summed E-state index contributed by atoms with van der Waals surface area (Å²) in [5, 5.41) is 22.0. The molecule has 0 aliphatic carbocycles. The van der Waals surface area contributed by atoms with Crippen LogP contribution in [-0.4, -0.2) is 47.8 Å². The molecule has 6 heteroatoms. The van der Waals surface area contributed by atoms with Gasteiger partial charge in [0, 0.05) is 30.4 Å². The van der Waals surface area contributed by atoms with Gasteiger partial charge in [-0.3, -0.25) is 9.59 Å². The molecule has 0 saturated heterocycles. The van der Waals surface area contributed by atoms with E-state index in [2.05, 4.69) is 17.2 Å². The number of carbonyl (C=O) groups is 2. The fourth-order valence-electron chi connectivity index (χ4n) is 2.96. The van der Waals surface area contributed by atoms with Gasteiger partial charge in [0.15, 0.2) is 12.2 Å². The Kier molecular flexibility index (Phi) is 5.55. The maximum absolute atomic E-state index is 12.5. The number of fused-ring (bicyclic) bond motifs is 1. The first-order valence-corrected chi connectivity index (χ1v) is 8.60. The predicted octanol–water partition coefficient (Wildman–Crippen LogP) is 0.443. The highest BCUT2D eigenvalue weighted by Crippen LogP contribution is 2.29. The number of benzene rings is 2. The third-order valence-corrected chi connectivity index (χ3v) is 4.43. The molecule has 6 nitrogen and oxygen atoms in total. The molecule has 0 fully saturated rings. The van der Waals surface area contributed by atoms with E-state index in [9.17, 15) is 19.8 Å². The first-order valence-electron chi connectivity index (χ1n) is 8.60. The van der Waals surface area contributed by atoms with Gasteiger partial charge in [-0.2, -0.15) is 0 Å². The molecule has 3 N–H and O–H groups in total. The molecular formula is C21H20N2O4. The van der Waals surface area contributed by atoms with Crippen molar-refractivity contribution in [3.63, 3.8) is 0 Å². The molecule has 2 aromatic carbocycles. The Hall–Kier alpha value is -3.14. The normalized spacial score (nSPS) is 14.6. The number of hydrogen-bond donors (Lipinski definition) is 3. The number of nitrogens with one attached hydrogen (secondary N) is 1. The molecule has 0 aromatic heterocycles. The number of amides is 2. The Balaban J connectivity index is 1.77. The number of aliphatic hydroxyl groups is 2. The summed E-state index contributed by atoms with van der Waals surface area (Å²) >= 11 is 0. The van der Waals surface area contributed by atoms with Crippen LogP contribution in [0.3, 0.4) is 0 Å². The molecule has 3 rings (SSSR count).